The number of halogens is 1. The van der Waals surface area contributed by atoms with E-state index >= 15 is 0 Å². The third-order valence-corrected chi connectivity index (χ3v) is 6.17. The molecule has 0 saturated carbocycles. The predicted molar refractivity (Wildman–Crippen MR) is 85.6 cm³/mol. The van der Waals surface area contributed by atoms with Crippen LogP contribution >= 0.6 is 0 Å². The molecule has 0 aromatic heterocycles. The van der Waals surface area contributed by atoms with Crippen molar-refractivity contribution >= 4 is 19.7 Å². The average Bonchev–Trinajstić information content (AvgIpc) is 2.43. The van der Waals surface area contributed by atoms with Gasteiger partial charge in [-0.05, 0) is 24.1 Å². The Labute approximate surface area is 136 Å². The fourth-order valence-electron chi connectivity index (χ4n) is 2.62. The minimum absolute atomic E-state index is 0.462. The first-order chi connectivity index (χ1) is 10.6. The van der Waals surface area contributed by atoms with Crippen LogP contribution in [-0.4, -0.2) is 67.0 Å². The predicted octanol–water partition coefficient (Wildman–Crippen LogP) is 0.0804. The van der Waals surface area contributed by atoms with Crippen molar-refractivity contribution in [1.82, 2.24) is 10.2 Å². The van der Waals surface area contributed by atoms with Crippen LogP contribution in [0.25, 0.3) is 0 Å². The van der Waals surface area contributed by atoms with Gasteiger partial charge in [0.05, 0.1) is 4.90 Å². The maximum absolute atomic E-state index is 14.2. The molecule has 0 bridgehead atoms. The lowest BCUT2D eigenvalue weighted by Crippen LogP contribution is -2.44. The second kappa shape index (κ2) is 6.84. The number of benzene rings is 1. The molecule has 23 heavy (non-hydrogen) atoms. The van der Waals surface area contributed by atoms with Crippen molar-refractivity contribution in [2.45, 2.75) is 16.2 Å². The molecule has 0 spiro atoms. The lowest BCUT2D eigenvalue weighted by atomic mass is 10.1. The Morgan fingerprint density at radius 1 is 1.09 bits per heavy atom. The molecule has 1 heterocycles. The van der Waals surface area contributed by atoms with Gasteiger partial charge in [-0.1, -0.05) is 0 Å². The highest BCUT2D eigenvalue weighted by Gasteiger charge is 2.26. The molecule has 1 aliphatic heterocycles. The quantitative estimate of drug-likeness (QED) is 0.797. The number of hydrogen-bond acceptors (Lipinski definition) is 6. The van der Waals surface area contributed by atoms with E-state index in [4.69, 9.17) is 0 Å². The Hall–Kier alpha value is -1.03. The Morgan fingerprint density at radius 3 is 2.22 bits per heavy atom. The molecule has 2 rings (SSSR count). The van der Waals surface area contributed by atoms with Crippen molar-refractivity contribution < 1.29 is 21.2 Å². The van der Waals surface area contributed by atoms with E-state index in [0.29, 0.717) is 18.5 Å². The third-order valence-electron chi connectivity index (χ3n) is 3.77. The second-order valence-corrected chi connectivity index (χ2v) is 9.73. The van der Waals surface area contributed by atoms with E-state index in [1.54, 1.807) is 0 Å². The standard InChI is InChI=1S/C14H21FN2O4S2/c1-22(18,19)13-10-11(3-6-17-7-4-16-5-8-17)9-12(15)14(13)23(2,20)21/h9-10,16H,3-8H2,1-2H3. The number of hydrogen-bond donors (Lipinski definition) is 1. The van der Waals surface area contributed by atoms with Gasteiger partial charge in [0.1, 0.15) is 10.7 Å². The van der Waals surface area contributed by atoms with Gasteiger partial charge in [-0.3, -0.25) is 0 Å². The highest BCUT2D eigenvalue weighted by atomic mass is 32.2. The van der Waals surface area contributed by atoms with Crippen LogP contribution in [0.3, 0.4) is 0 Å². The molecule has 6 nitrogen and oxygen atoms in total. The van der Waals surface area contributed by atoms with Crippen LogP contribution in [0.1, 0.15) is 5.56 Å². The minimum Gasteiger partial charge on any atom is -0.314 e. The zero-order valence-corrected chi connectivity index (χ0v) is 14.8. The fraction of sp³-hybridized carbons (Fsp3) is 0.571. The van der Waals surface area contributed by atoms with Gasteiger partial charge in [0, 0.05) is 45.2 Å². The lowest BCUT2D eigenvalue weighted by molar-refractivity contribution is 0.244. The highest BCUT2D eigenvalue weighted by molar-refractivity contribution is 7.93. The summed E-state index contributed by atoms with van der Waals surface area (Å²) < 4.78 is 61.4. The van der Waals surface area contributed by atoms with Gasteiger partial charge in [0.15, 0.2) is 19.7 Å². The van der Waals surface area contributed by atoms with Crippen molar-refractivity contribution in [2.24, 2.45) is 0 Å². The topological polar surface area (TPSA) is 83.6 Å². The largest absolute Gasteiger partial charge is 0.314 e. The number of piperazine rings is 1. The number of nitrogens with zero attached hydrogens (tertiary/aromatic N) is 1. The van der Waals surface area contributed by atoms with E-state index in [0.717, 1.165) is 44.8 Å². The molecule has 0 unspecified atom stereocenters. The summed E-state index contributed by atoms with van der Waals surface area (Å²) in [5.41, 5.74) is 0.480. The smallest absolute Gasteiger partial charge is 0.179 e. The lowest BCUT2D eigenvalue weighted by Gasteiger charge is -2.27. The van der Waals surface area contributed by atoms with Crippen LogP contribution < -0.4 is 5.32 Å². The summed E-state index contributed by atoms with van der Waals surface area (Å²) in [5.74, 6) is -1.01. The molecule has 0 radical (unpaired) electrons. The van der Waals surface area contributed by atoms with Crippen molar-refractivity contribution in [3.63, 3.8) is 0 Å². The monoisotopic (exact) mass is 364 g/mol. The Balaban J connectivity index is 2.34. The van der Waals surface area contributed by atoms with E-state index in [-0.39, 0.29) is 0 Å². The van der Waals surface area contributed by atoms with Crippen LogP contribution in [0.2, 0.25) is 0 Å². The van der Waals surface area contributed by atoms with Gasteiger partial charge in [-0.25, -0.2) is 21.2 Å². The van der Waals surface area contributed by atoms with Crippen LogP contribution in [0.15, 0.2) is 21.9 Å². The summed E-state index contributed by atoms with van der Waals surface area (Å²) in [6.45, 7) is 4.19. The second-order valence-electron chi connectivity index (χ2n) is 5.79. The molecular formula is C14H21FN2O4S2. The molecule has 1 N–H and O–H groups in total. The zero-order chi connectivity index (χ0) is 17.3. The molecule has 9 heteroatoms. The molecule has 1 aromatic rings. The van der Waals surface area contributed by atoms with E-state index in [9.17, 15) is 21.2 Å². The third kappa shape index (κ3) is 4.72. The van der Waals surface area contributed by atoms with Gasteiger partial charge in [-0.15, -0.1) is 0 Å². The Kier molecular flexibility index (Phi) is 5.44. The molecule has 1 aromatic carbocycles. The molecule has 0 aliphatic carbocycles. The van der Waals surface area contributed by atoms with Crippen LogP contribution in [0.5, 0.6) is 0 Å². The maximum Gasteiger partial charge on any atom is 0.179 e. The molecule has 1 fully saturated rings. The molecule has 1 aliphatic rings. The SMILES string of the molecule is CS(=O)(=O)c1cc(CCN2CCNCC2)cc(F)c1S(C)(=O)=O. The van der Waals surface area contributed by atoms with Gasteiger partial charge in [0.25, 0.3) is 0 Å². The van der Waals surface area contributed by atoms with Crippen LogP contribution in [0, 0.1) is 5.82 Å². The minimum atomic E-state index is -3.97. The fourth-order valence-corrected chi connectivity index (χ4v) is 5.17. The molecule has 1 saturated heterocycles. The molecular weight excluding hydrogens is 343 g/mol. The Bertz CT molecular complexity index is 785. The summed E-state index contributed by atoms with van der Waals surface area (Å²) in [6, 6.07) is 2.39. The van der Waals surface area contributed by atoms with Gasteiger partial charge < -0.3 is 10.2 Å². The number of sulfone groups is 2. The first kappa shape index (κ1) is 18.3. The first-order valence-electron chi connectivity index (χ1n) is 7.24. The van der Waals surface area contributed by atoms with Crippen molar-refractivity contribution in [1.29, 1.82) is 0 Å². The summed E-state index contributed by atoms with van der Waals surface area (Å²) >= 11 is 0. The van der Waals surface area contributed by atoms with Gasteiger partial charge in [-0.2, -0.15) is 0 Å². The Morgan fingerprint density at radius 2 is 1.70 bits per heavy atom. The zero-order valence-electron chi connectivity index (χ0n) is 13.2. The van der Waals surface area contributed by atoms with E-state index < -0.39 is 35.3 Å². The van der Waals surface area contributed by atoms with E-state index in [1.807, 2.05) is 0 Å². The first-order valence-corrected chi connectivity index (χ1v) is 11.0. The summed E-state index contributed by atoms with van der Waals surface area (Å²) in [5, 5.41) is 3.23. The summed E-state index contributed by atoms with van der Waals surface area (Å²) in [4.78, 5) is 0.986. The molecule has 0 atom stereocenters. The average molecular weight is 364 g/mol. The molecule has 0 amide bonds. The highest BCUT2D eigenvalue weighted by Crippen LogP contribution is 2.26. The number of nitrogens with one attached hydrogen (secondary N) is 1. The van der Waals surface area contributed by atoms with Crippen LogP contribution in [0.4, 0.5) is 4.39 Å². The van der Waals surface area contributed by atoms with E-state index in [1.165, 1.54) is 6.07 Å². The van der Waals surface area contributed by atoms with Crippen molar-refractivity contribution in [2.75, 3.05) is 45.2 Å². The summed E-state index contributed by atoms with van der Waals surface area (Å²) in [7, 11) is -7.82. The van der Waals surface area contributed by atoms with Crippen LogP contribution in [-0.2, 0) is 26.1 Å². The maximum atomic E-state index is 14.2. The van der Waals surface area contributed by atoms with Crippen molar-refractivity contribution in [3.8, 4) is 0 Å². The summed E-state index contributed by atoms with van der Waals surface area (Å²) in [6.07, 6.45) is 2.15. The van der Waals surface area contributed by atoms with Gasteiger partial charge >= 0.3 is 0 Å². The van der Waals surface area contributed by atoms with Crippen molar-refractivity contribution in [3.05, 3.63) is 23.5 Å². The van der Waals surface area contributed by atoms with E-state index in [2.05, 4.69) is 10.2 Å². The number of rotatable bonds is 5. The molecule has 130 valence electrons. The van der Waals surface area contributed by atoms with Gasteiger partial charge in [0.2, 0.25) is 0 Å². The normalized spacial score (nSPS) is 17.3.